The normalized spacial score (nSPS) is 10.2. The molecule has 2 rings (SSSR count). The maximum absolute atomic E-state index is 13.6. The fourth-order valence-corrected chi connectivity index (χ4v) is 1.58. The summed E-state index contributed by atoms with van der Waals surface area (Å²) in [5, 5.41) is 2.16. The van der Waals surface area contributed by atoms with Gasteiger partial charge in [0.1, 0.15) is 11.6 Å². The van der Waals surface area contributed by atoms with Gasteiger partial charge in [0.15, 0.2) is 0 Å². The summed E-state index contributed by atoms with van der Waals surface area (Å²) in [6.07, 6.45) is 1.13. The van der Waals surface area contributed by atoms with Gasteiger partial charge >= 0.3 is 0 Å². The van der Waals surface area contributed by atoms with Crippen molar-refractivity contribution in [2.45, 2.75) is 0 Å². The number of benzene rings is 1. The smallest absolute Gasteiger partial charge is 0.257 e. The van der Waals surface area contributed by atoms with E-state index < -0.39 is 40.3 Å². The van der Waals surface area contributed by atoms with Gasteiger partial charge in [0.2, 0.25) is 5.56 Å². The van der Waals surface area contributed by atoms with Crippen LogP contribution in [0.2, 0.25) is 0 Å². The van der Waals surface area contributed by atoms with E-state index in [1.165, 1.54) is 6.07 Å². The molecule has 21 heavy (non-hydrogen) atoms. The van der Waals surface area contributed by atoms with Crippen molar-refractivity contribution in [3.8, 4) is 0 Å². The van der Waals surface area contributed by atoms with Gasteiger partial charge in [-0.15, -0.1) is 0 Å². The number of rotatable bonds is 3. The van der Waals surface area contributed by atoms with Gasteiger partial charge in [0.25, 0.3) is 11.8 Å². The van der Waals surface area contributed by atoms with Crippen molar-refractivity contribution in [2.24, 2.45) is 5.73 Å². The van der Waals surface area contributed by atoms with E-state index in [1.54, 1.807) is 0 Å². The van der Waals surface area contributed by atoms with Crippen molar-refractivity contribution in [3.63, 3.8) is 0 Å². The van der Waals surface area contributed by atoms with E-state index in [4.69, 9.17) is 5.73 Å². The highest BCUT2D eigenvalue weighted by molar-refractivity contribution is 6.04. The predicted octanol–water partition coefficient (Wildman–Crippen LogP) is 1.00. The largest absolute Gasteiger partial charge is 0.366 e. The van der Waals surface area contributed by atoms with Crippen LogP contribution in [0.3, 0.4) is 0 Å². The number of nitrogens with one attached hydrogen (secondary N) is 2. The molecule has 6 nitrogen and oxygen atoms in total. The Labute approximate surface area is 116 Å². The molecule has 1 aromatic heterocycles. The summed E-state index contributed by atoms with van der Waals surface area (Å²) < 4.78 is 26.9. The molecule has 108 valence electrons. The van der Waals surface area contributed by atoms with E-state index in [2.05, 4.69) is 10.3 Å². The van der Waals surface area contributed by atoms with Gasteiger partial charge < -0.3 is 16.0 Å². The number of H-pyrrole nitrogens is 1. The second kappa shape index (κ2) is 5.53. The van der Waals surface area contributed by atoms with Crippen LogP contribution < -0.4 is 16.6 Å². The SMILES string of the molecule is NC(=O)c1cc(NC(=O)c2ccc(=O)[nH]c2)c(F)cc1F. The Bertz CT molecular complexity index is 766. The standard InChI is InChI=1S/C13H9F2N3O3/c14-8-4-9(15)10(3-7(8)12(16)20)18-13(21)6-1-2-11(19)17-5-6/h1-5H,(H2,16,20)(H,17,19)(H,18,21). The number of anilines is 1. The minimum Gasteiger partial charge on any atom is -0.366 e. The van der Waals surface area contributed by atoms with Gasteiger partial charge in [-0.1, -0.05) is 0 Å². The number of aromatic nitrogens is 1. The molecule has 0 atom stereocenters. The highest BCUT2D eigenvalue weighted by Crippen LogP contribution is 2.20. The van der Waals surface area contributed by atoms with Gasteiger partial charge in [-0.3, -0.25) is 14.4 Å². The Morgan fingerprint density at radius 1 is 1.14 bits per heavy atom. The minimum atomic E-state index is -1.12. The molecule has 0 aliphatic carbocycles. The lowest BCUT2D eigenvalue weighted by Crippen LogP contribution is -2.18. The molecule has 4 N–H and O–H groups in total. The van der Waals surface area contributed by atoms with Gasteiger partial charge in [-0.05, 0) is 12.1 Å². The van der Waals surface area contributed by atoms with Crippen LogP contribution >= 0.6 is 0 Å². The number of carbonyl (C=O) groups excluding carboxylic acids is 2. The number of aromatic amines is 1. The number of halogens is 2. The fourth-order valence-electron chi connectivity index (χ4n) is 1.58. The lowest BCUT2D eigenvalue weighted by molar-refractivity contribution is 0.0992. The zero-order valence-corrected chi connectivity index (χ0v) is 10.4. The van der Waals surface area contributed by atoms with E-state index in [9.17, 15) is 23.2 Å². The summed E-state index contributed by atoms with van der Waals surface area (Å²) in [5.41, 5.74) is 3.64. The summed E-state index contributed by atoms with van der Waals surface area (Å²) in [6.45, 7) is 0. The first-order valence-corrected chi connectivity index (χ1v) is 5.67. The molecule has 0 saturated heterocycles. The average Bonchev–Trinajstić information content (AvgIpc) is 2.42. The van der Waals surface area contributed by atoms with E-state index in [1.807, 2.05) is 0 Å². The highest BCUT2D eigenvalue weighted by Gasteiger charge is 2.16. The maximum Gasteiger partial charge on any atom is 0.257 e. The lowest BCUT2D eigenvalue weighted by atomic mass is 10.1. The van der Waals surface area contributed by atoms with Crippen molar-refractivity contribution < 1.29 is 18.4 Å². The summed E-state index contributed by atoms with van der Waals surface area (Å²) >= 11 is 0. The molecule has 0 fully saturated rings. The van der Waals surface area contributed by atoms with Crippen LogP contribution in [0, 0.1) is 11.6 Å². The zero-order chi connectivity index (χ0) is 15.6. The van der Waals surface area contributed by atoms with Crippen LogP contribution in [0.4, 0.5) is 14.5 Å². The third kappa shape index (κ3) is 3.11. The van der Waals surface area contributed by atoms with Crippen molar-refractivity contribution in [1.29, 1.82) is 0 Å². The van der Waals surface area contributed by atoms with Crippen molar-refractivity contribution >= 4 is 17.5 Å². The topological polar surface area (TPSA) is 105 Å². The lowest BCUT2D eigenvalue weighted by Gasteiger charge is -2.08. The first-order chi connectivity index (χ1) is 9.88. The van der Waals surface area contributed by atoms with E-state index in [0.717, 1.165) is 18.3 Å². The number of pyridine rings is 1. The van der Waals surface area contributed by atoms with Crippen LogP contribution in [-0.2, 0) is 0 Å². The third-order valence-corrected chi connectivity index (χ3v) is 2.62. The fraction of sp³-hybridized carbons (Fsp3) is 0. The minimum absolute atomic E-state index is 0.0546. The summed E-state index contributed by atoms with van der Waals surface area (Å²) in [4.78, 5) is 36.0. The number of carbonyl (C=O) groups is 2. The molecule has 0 radical (unpaired) electrons. The Balaban J connectivity index is 2.33. The van der Waals surface area contributed by atoms with Crippen LogP contribution in [0.15, 0.2) is 35.3 Å². The molecule has 0 aliphatic heterocycles. The summed E-state index contributed by atoms with van der Waals surface area (Å²) in [5.74, 6) is -4.02. The highest BCUT2D eigenvalue weighted by atomic mass is 19.1. The van der Waals surface area contributed by atoms with Gasteiger partial charge in [0, 0.05) is 18.3 Å². The molecule has 0 spiro atoms. The van der Waals surface area contributed by atoms with Crippen LogP contribution in [0.1, 0.15) is 20.7 Å². The van der Waals surface area contributed by atoms with E-state index >= 15 is 0 Å². The number of amides is 2. The van der Waals surface area contributed by atoms with Gasteiger partial charge in [-0.25, -0.2) is 8.78 Å². The summed E-state index contributed by atoms with van der Waals surface area (Å²) in [7, 11) is 0. The van der Waals surface area contributed by atoms with Crippen molar-refractivity contribution in [3.05, 3.63) is 63.6 Å². The molecule has 0 aliphatic rings. The van der Waals surface area contributed by atoms with Crippen molar-refractivity contribution in [1.82, 2.24) is 4.98 Å². The molecule has 1 aromatic carbocycles. The first kappa shape index (κ1) is 14.4. The quantitative estimate of drug-likeness (QED) is 0.786. The molecule has 2 aromatic rings. The molecule has 0 unspecified atom stereocenters. The maximum atomic E-state index is 13.6. The molecule has 2 amide bonds. The van der Waals surface area contributed by atoms with E-state index in [0.29, 0.717) is 6.07 Å². The number of nitrogens with two attached hydrogens (primary N) is 1. The molecule has 1 heterocycles. The number of hydrogen-bond acceptors (Lipinski definition) is 3. The monoisotopic (exact) mass is 293 g/mol. The molecule has 8 heteroatoms. The van der Waals surface area contributed by atoms with Gasteiger partial charge in [0.05, 0.1) is 16.8 Å². The molecular formula is C13H9F2N3O3. The first-order valence-electron chi connectivity index (χ1n) is 5.67. The Morgan fingerprint density at radius 2 is 1.86 bits per heavy atom. The second-order valence-electron chi connectivity index (χ2n) is 4.07. The summed E-state index contributed by atoms with van der Waals surface area (Å²) in [6, 6.07) is 3.59. The zero-order valence-electron chi connectivity index (χ0n) is 10.4. The second-order valence-corrected chi connectivity index (χ2v) is 4.07. The number of hydrogen-bond donors (Lipinski definition) is 3. The van der Waals surface area contributed by atoms with Crippen LogP contribution in [0.25, 0.3) is 0 Å². The number of primary amides is 1. The Kier molecular flexibility index (Phi) is 3.79. The van der Waals surface area contributed by atoms with Crippen LogP contribution in [-0.4, -0.2) is 16.8 Å². The Hall–Kier alpha value is -3.03. The van der Waals surface area contributed by atoms with Crippen molar-refractivity contribution in [2.75, 3.05) is 5.32 Å². The third-order valence-electron chi connectivity index (χ3n) is 2.62. The predicted molar refractivity (Wildman–Crippen MR) is 69.9 cm³/mol. The van der Waals surface area contributed by atoms with E-state index in [-0.39, 0.29) is 5.56 Å². The van der Waals surface area contributed by atoms with Crippen LogP contribution in [0.5, 0.6) is 0 Å². The molecule has 0 saturated carbocycles. The molecular weight excluding hydrogens is 284 g/mol. The Morgan fingerprint density at radius 3 is 2.43 bits per heavy atom. The molecule has 0 bridgehead atoms. The average molecular weight is 293 g/mol. The van der Waals surface area contributed by atoms with Gasteiger partial charge in [-0.2, -0.15) is 0 Å².